The average molecular weight is 288 g/mol. The first-order valence-electron chi connectivity index (χ1n) is 6.65. The van der Waals surface area contributed by atoms with Crippen molar-refractivity contribution in [2.24, 2.45) is 5.73 Å². The summed E-state index contributed by atoms with van der Waals surface area (Å²) >= 11 is 1.70. The molecule has 0 atom stereocenters. The smallest absolute Gasteiger partial charge is 0.240 e. The largest absolute Gasteiger partial charge is 0.324 e. The highest BCUT2D eigenvalue weighted by atomic mass is 32.2. The maximum Gasteiger partial charge on any atom is 0.240 e. The van der Waals surface area contributed by atoms with E-state index in [1.54, 1.807) is 16.1 Å². The molecule has 0 bridgehead atoms. The first-order valence-corrected chi connectivity index (χ1v) is 9.08. The standard InChI is InChI=1S/C12H20N2O2S2/c13-12(5-2-1-3-6-12)9-14-8-10-11(4-7-17-10)18(14,15)16/h1-9,13H2. The molecule has 0 aromatic heterocycles. The fraction of sp³-hybridized carbons (Fsp3) is 0.833. The van der Waals surface area contributed by atoms with Gasteiger partial charge in [0.25, 0.3) is 0 Å². The number of hydrogen-bond donors (Lipinski definition) is 1. The molecule has 1 aliphatic carbocycles. The van der Waals surface area contributed by atoms with E-state index in [0.717, 1.165) is 36.3 Å². The lowest BCUT2D eigenvalue weighted by Crippen LogP contribution is -2.52. The van der Waals surface area contributed by atoms with Crippen LogP contribution in [0.5, 0.6) is 0 Å². The Morgan fingerprint density at radius 1 is 1.28 bits per heavy atom. The molecule has 1 fully saturated rings. The molecule has 0 saturated heterocycles. The summed E-state index contributed by atoms with van der Waals surface area (Å²) in [7, 11) is -3.19. The van der Waals surface area contributed by atoms with Crippen molar-refractivity contribution in [1.29, 1.82) is 0 Å². The second kappa shape index (κ2) is 4.51. The van der Waals surface area contributed by atoms with Gasteiger partial charge in [-0.1, -0.05) is 19.3 Å². The van der Waals surface area contributed by atoms with E-state index in [0.29, 0.717) is 24.4 Å². The molecule has 18 heavy (non-hydrogen) atoms. The Bertz CT molecular complexity index is 478. The minimum Gasteiger partial charge on any atom is -0.324 e. The van der Waals surface area contributed by atoms with E-state index in [2.05, 4.69) is 0 Å². The van der Waals surface area contributed by atoms with Gasteiger partial charge in [-0.25, -0.2) is 8.42 Å². The molecule has 0 aromatic carbocycles. The van der Waals surface area contributed by atoms with Crippen molar-refractivity contribution >= 4 is 21.8 Å². The molecule has 6 heteroatoms. The summed E-state index contributed by atoms with van der Waals surface area (Å²) in [5.74, 6) is 0.922. The number of rotatable bonds is 2. The molecule has 2 aliphatic heterocycles. The number of sulfonamides is 1. The highest BCUT2D eigenvalue weighted by Crippen LogP contribution is 2.42. The molecule has 1 saturated carbocycles. The van der Waals surface area contributed by atoms with Crippen molar-refractivity contribution in [3.63, 3.8) is 0 Å². The molecule has 0 spiro atoms. The zero-order chi connectivity index (χ0) is 12.8. The van der Waals surface area contributed by atoms with E-state index >= 15 is 0 Å². The lowest BCUT2D eigenvalue weighted by molar-refractivity contribution is 0.244. The maximum atomic E-state index is 12.4. The van der Waals surface area contributed by atoms with Crippen LogP contribution in [0.1, 0.15) is 38.5 Å². The minimum absolute atomic E-state index is 0.296. The van der Waals surface area contributed by atoms with Crippen LogP contribution in [-0.2, 0) is 10.0 Å². The normalized spacial score (nSPS) is 30.7. The zero-order valence-electron chi connectivity index (χ0n) is 10.5. The fourth-order valence-electron chi connectivity index (χ4n) is 3.20. The number of hydrogen-bond acceptors (Lipinski definition) is 4. The molecule has 3 aliphatic rings. The molecule has 4 nitrogen and oxygen atoms in total. The summed E-state index contributed by atoms with van der Waals surface area (Å²) < 4.78 is 26.4. The Morgan fingerprint density at radius 2 is 2.00 bits per heavy atom. The summed E-state index contributed by atoms with van der Waals surface area (Å²) in [6.45, 7) is 1.07. The van der Waals surface area contributed by atoms with E-state index < -0.39 is 10.0 Å². The van der Waals surface area contributed by atoms with Crippen molar-refractivity contribution in [1.82, 2.24) is 4.31 Å². The lowest BCUT2D eigenvalue weighted by Gasteiger charge is -2.36. The van der Waals surface area contributed by atoms with E-state index in [1.165, 1.54) is 6.42 Å². The van der Waals surface area contributed by atoms with Gasteiger partial charge in [0.15, 0.2) is 0 Å². The van der Waals surface area contributed by atoms with Gasteiger partial charge in [0, 0.05) is 29.3 Å². The predicted molar refractivity (Wildman–Crippen MR) is 74.6 cm³/mol. The Kier molecular flexibility index (Phi) is 3.25. The third-order valence-electron chi connectivity index (χ3n) is 4.23. The van der Waals surface area contributed by atoms with Crippen LogP contribution in [0.2, 0.25) is 0 Å². The monoisotopic (exact) mass is 288 g/mol. The van der Waals surface area contributed by atoms with Crippen molar-refractivity contribution in [2.45, 2.75) is 44.1 Å². The maximum absolute atomic E-state index is 12.4. The SMILES string of the molecule is NC1(CN2CC3=C(CCS3)S2(=O)=O)CCCCC1. The molecule has 0 radical (unpaired) electrons. The van der Waals surface area contributed by atoms with E-state index in [4.69, 9.17) is 5.73 Å². The van der Waals surface area contributed by atoms with Gasteiger partial charge in [0.05, 0.1) is 4.91 Å². The second-order valence-corrected chi connectivity index (χ2v) is 8.79. The Hall–Kier alpha value is -0.0400. The van der Waals surface area contributed by atoms with Gasteiger partial charge in [0.1, 0.15) is 0 Å². The highest BCUT2D eigenvalue weighted by Gasteiger charge is 2.43. The topological polar surface area (TPSA) is 63.4 Å². The third-order valence-corrected chi connectivity index (χ3v) is 7.50. The quantitative estimate of drug-likeness (QED) is 0.839. The molecule has 2 heterocycles. The number of nitrogens with zero attached hydrogens (tertiary/aromatic N) is 1. The van der Waals surface area contributed by atoms with Crippen LogP contribution in [0.15, 0.2) is 9.81 Å². The number of thioether (sulfide) groups is 1. The lowest BCUT2D eigenvalue weighted by atomic mass is 9.82. The number of allylic oxidation sites excluding steroid dienone is 1. The van der Waals surface area contributed by atoms with E-state index in [1.807, 2.05) is 0 Å². The van der Waals surface area contributed by atoms with Crippen molar-refractivity contribution in [2.75, 3.05) is 18.8 Å². The molecule has 0 amide bonds. The van der Waals surface area contributed by atoms with Gasteiger partial charge in [0.2, 0.25) is 10.0 Å². The molecule has 3 rings (SSSR count). The van der Waals surface area contributed by atoms with Crippen LogP contribution in [0.25, 0.3) is 0 Å². The summed E-state index contributed by atoms with van der Waals surface area (Å²) in [5.41, 5.74) is 6.08. The molecule has 102 valence electrons. The van der Waals surface area contributed by atoms with Crippen LogP contribution in [-0.4, -0.2) is 37.1 Å². The Balaban J connectivity index is 1.76. The van der Waals surface area contributed by atoms with E-state index in [-0.39, 0.29) is 5.54 Å². The molecular weight excluding hydrogens is 268 g/mol. The first-order chi connectivity index (χ1) is 8.51. The van der Waals surface area contributed by atoms with Gasteiger partial charge in [-0.15, -0.1) is 11.8 Å². The second-order valence-electron chi connectivity index (χ2n) is 5.64. The first kappa shape index (κ1) is 13.0. The Labute approximate surface area is 113 Å². The van der Waals surface area contributed by atoms with Crippen LogP contribution in [0.4, 0.5) is 0 Å². The van der Waals surface area contributed by atoms with Gasteiger partial charge in [-0.2, -0.15) is 4.31 Å². The zero-order valence-corrected chi connectivity index (χ0v) is 12.2. The predicted octanol–water partition coefficient (Wildman–Crippen LogP) is 1.64. The highest BCUT2D eigenvalue weighted by molar-refractivity contribution is 8.05. The molecule has 2 N–H and O–H groups in total. The van der Waals surface area contributed by atoms with Crippen LogP contribution >= 0.6 is 11.8 Å². The van der Waals surface area contributed by atoms with Gasteiger partial charge < -0.3 is 5.73 Å². The Morgan fingerprint density at radius 3 is 2.67 bits per heavy atom. The van der Waals surface area contributed by atoms with Crippen LogP contribution < -0.4 is 5.73 Å². The van der Waals surface area contributed by atoms with Crippen molar-refractivity contribution < 1.29 is 8.42 Å². The summed E-state index contributed by atoms with van der Waals surface area (Å²) in [5, 5.41) is 0. The third kappa shape index (κ3) is 2.13. The molecule has 0 unspecified atom stereocenters. The summed E-state index contributed by atoms with van der Waals surface area (Å²) in [4.78, 5) is 1.74. The van der Waals surface area contributed by atoms with Crippen LogP contribution in [0, 0.1) is 0 Å². The van der Waals surface area contributed by atoms with Gasteiger partial charge in [-0.3, -0.25) is 0 Å². The summed E-state index contributed by atoms with van der Waals surface area (Å²) in [6, 6.07) is 0. The van der Waals surface area contributed by atoms with Gasteiger partial charge in [-0.05, 0) is 19.3 Å². The summed E-state index contributed by atoms with van der Waals surface area (Å²) in [6.07, 6.45) is 6.11. The average Bonchev–Trinajstić information content (AvgIpc) is 2.84. The van der Waals surface area contributed by atoms with E-state index in [9.17, 15) is 8.42 Å². The number of nitrogens with two attached hydrogens (primary N) is 1. The van der Waals surface area contributed by atoms with Crippen LogP contribution in [0.3, 0.4) is 0 Å². The van der Waals surface area contributed by atoms with Gasteiger partial charge >= 0.3 is 0 Å². The minimum atomic E-state index is -3.19. The molecule has 0 aromatic rings. The fourth-order valence-corrected chi connectivity index (χ4v) is 6.72. The van der Waals surface area contributed by atoms with Crippen molar-refractivity contribution in [3.8, 4) is 0 Å². The molecular formula is C12H20N2O2S2. The van der Waals surface area contributed by atoms with Crippen molar-refractivity contribution in [3.05, 3.63) is 9.81 Å².